The van der Waals surface area contributed by atoms with Crippen LogP contribution in [0.5, 0.6) is 5.75 Å². The largest absolute Gasteiger partial charge is 0.427 e. The number of nitro benzene ring substituents is 1. The van der Waals surface area contributed by atoms with Crippen molar-refractivity contribution >= 4 is 17.4 Å². The molecule has 0 aliphatic heterocycles. The molecule has 0 atom stereocenters. The summed E-state index contributed by atoms with van der Waals surface area (Å²) >= 11 is 0. The molecule has 0 saturated heterocycles. The van der Waals surface area contributed by atoms with Gasteiger partial charge in [0, 0.05) is 18.6 Å². The van der Waals surface area contributed by atoms with Gasteiger partial charge in [-0.3, -0.25) is 19.7 Å². The van der Waals surface area contributed by atoms with Gasteiger partial charge in [-0.15, -0.1) is 0 Å². The van der Waals surface area contributed by atoms with Crippen LogP contribution < -0.4 is 4.74 Å². The lowest BCUT2D eigenvalue weighted by atomic mass is 10.0. The molecule has 0 spiro atoms. The Morgan fingerprint density at radius 3 is 2.18 bits per heavy atom. The summed E-state index contributed by atoms with van der Waals surface area (Å²) in [6.45, 7) is 2.64. The summed E-state index contributed by atoms with van der Waals surface area (Å²) < 4.78 is 4.92. The summed E-state index contributed by atoms with van der Waals surface area (Å²) in [6, 6.07) is 10.7. The second-order valence-electron chi connectivity index (χ2n) is 4.66. The molecular formula is C16H13NO5. The van der Waals surface area contributed by atoms with Gasteiger partial charge in [-0.2, -0.15) is 0 Å². The Hall–Kier alpha value is -3.02. The number of Topliss-reactive ketones (excluding diaryl/α,β-unsaturated/α-hetero) is 1. The molecule has 112 valence electrons. The summed E-state index contributed by atoms with van der Waals surface area (Å²) in [6.07, 6.45) is 0. The van der Waals surface area contributed by atoms with Crippen LogP contribution in [0, 0.1) is 10.1 Å². The van der Waals surface area contributed by atoms with Crippen molar-refractivity contribution in [2.75, 3.05) is 0 Å². The molecule has 0 saturated carbocycles. The lowest BCUT2D eigenvalue weighted by Gasteiger charge is -2.06. The Morgan fingerprint density at radius 1 is 1.05 bits per heavy atom. The predicted molar refractivity (Wildman–Crippen MR) is 79.8 cm³/mol. The number of hydrogen-bond donors (Lipinski definition) is 0. The zero-order valence-corrected chi connectivity index (χ0v) is 12.0. The molecule has 0 radical (unpaired) electrons. The molecule has 0 N–H and O–H groups in total. The molecule has 0 aliphatic carbocycles. The number of nitro groups is 1. The standard InChI is InChI=1S/C16H13NO5/c1-10(18)13-5-8-15(16(9-13)17(20)21)12-3-6-14(7-4-12)22-11(2)19/h3-9H,1-2H3. The number of nitrogens with zero attached hydrogens (tertiary/aromatic N) is 1. The average molecular weight is 299 g/mol. The molecule has 0 unspecified atom stereocenters. The van der Waals surface area contributed by atoms with Gasteiger partial charge >= 0.3 is 5.97 Å². The molecule has 0 bridgehead atoms. The number of carbonyl (C=O) groups excluding carboxylic acids is 2. The van der Waals surface area contributed by atoms with Gasteiger partial charge in [0.25, 0.3) is 5.69 Å². The summed E-state index contributed by atoms with van der Waals surface area (Å²) in [5.41, 5.74) is 1.13. The maximum Gasteiger partial charge on any atom is 0.308 e. The van der Waals surface area contributed by atoms with Crippen LogP contribution in [-0.4, -0.2) is 16.7 Å². The van der Waals surface area contributed by atoms with Crippen LogP contribution in [0.2, 0.25) is 0 Å². The molecular weight excluding hydrogens is 286 g/mol. The molecule has 0 aromatic heterocycles. The number of benzene rings is 2. The van der Waals surface area contributed by atoms with Crippen molar-refractivity contribution in [2.45, 2.75) is 13.8 Å². The first kappa shape index (κ1) is 15.4. The van der Waals surface area contributed by atoms with E-state index in [1.807, 2.05) is 0 Å². The van der Waals surface area contributed by atoms with Gasteiger partial charge in [0.05, 0.1) is 10.5 Å². The predicted octanol–water partition coefficient (Wildman–Crippen LogP) is 3.39. The van der Waals surface area contributed by atoms with Gasteiger partial charge in [-0.1, -0.05) is 18.2 Å². The molecule has 2 aromatic rings. The fourth-order valence-electron chi connectivity index (χ4n) is 2.01. The maximum atomic E-state index is 11.3. The van der Waals surface area contributed by atoms with Crippen LogP contribution in [0.25, 0.3) is 11.1 Å². The quantitative estimate of drug-likeness (QED) is 0.284. The lowest BCUT2D eigenvalue weighted by molar-refractivity contribution is -0.384. The third-order valence-corrected chi connectivity index (χ3v) is 3.03. The minimum Gasteiger partial charge on any atom is -0.427 e. The normalized spacial score (nSPS) is 10.1. The first-order chi connectivity index (χ1) is 10.4. The number of hydrogen-bond acceptors (Lipinski definition) is 5. The minimum atomic E-state index is -0.526. The molecule has 22 heavy (non-hydrogen) atoms. The van der Waals surface area contributed by atoms with E-state index in [9.17, 15) is 19.7 Å². The van der Waals surface area contributed by atoms with Crippen molar-refractivity contribution in [2.24, 2.45) is 0 Å². The van der Waals surface area contributed by atoms with Crippen molar-refractivity contribution in [3.8, 4) is 16.9 Å². The SMILES string of the molecule is CC(=O)Oc1ccc(-c2ccc(C(C)=O)cc2[N+](=O)[O-])cc1. The van der Waals surface area contributed by atoms with E-state index in [4.69, 9.17) is 4.74 Å². The second kappa shape index (κ2) is 6.17. The highest BCUT2D eigenvalue weighted by molar-refractivity contribution is 5.96. The van der Waals surface area contributed by atoms with Crippen LogP contribution in [0.3, 0.4) is 0 Å². The zero-order valence-electron chi connectivity index (χ0n) is 12.0. The van der Waals surface area contributed by atoms with Crippen molar-refractivity contribution in [1.82, 2.24) is 0 Å². The van der Waals surface area contributed by atoms with Gasteiger partial charge in [0.2, 0.25) is 0 Å². The van der Waals surface area contributed by atoms with E-state index in [1.54, 1.807) is 30.3 Å². The van der Waals surface area contributed by atoms with Gasteiger partial charge in [-0.05, 0) is 30.7 Å². The number of carbonyl (C=O) groups is 2. The van der Waals surface area contributed by atoms with Crippen LogP contribution in [0.1, 0.15) is 24.2 Å². The van der Waals surface area contributed by atoms with Crippen LogP contribution >= 0.6 is 0 Å². The molecule has 2 rings (SSSR count). The molecule has 6 heteroatoms. The number of esters is 1. The summed E-state index contributed by atoms with van der Waals surface area (Å²) in [7, 11) is 0. The molecule has 0 heterocycles. The minimum absolute atomic E-state index is 0.145. The van der Waals surface area contributed by atoms with Crippen molar-refractivity contribution < 1.29 is 19.2 Å². The van der Waals surface area contributed by atoms with E-state index >= 15 is 0 Å². The maximum absolute atomic E-state index is 11.3. The van der Waals surface area contributed by atoms with Crippen molar-refractivity contribution in [1.29, 1.82) is 0 Å². The Labute approximate surface area is 126 Å². The number of ether oxygens (including phenoxy) is 1. The highest BCUT2D eigenvalue weighted by Gasteiger charge is 2.17. The van der Waals surface area contributed by atoms with E-state index in [-0.39, 0.29) is 17.0 Å². The first-order valence-corrected chi connectivity index (χ1v) is 6.46. The Balaban J connectivity index is 2.45. The van der Waals surface area contributed by atoms with Crippen molar-refractivity contribution in [3.63, 3.8) is 0 Å². The van der Waals surface area contributed by atoms with E-state index in [0.717, 1.165) is 0 Å². The smallest absolute Gasteiger partial charge is 0.308 e. The van der Waals surface area contributed by atoms with E-state index in [0.29, 0.717) is 16.9 Å². The van der Waals surface area contributed by atoms with E-state index < -0.39 is 10.9 Å². The first-order valence-electron chi connectivity index (χ1n) is 6.46. The summed E-state index contributed by atoms with van der Waals surface area (Å²) in [5, 5.41) is 11.2. The highest BCUT2D eigenvalue weighted by Crippen LogP contribution is 2.32. The average Bonchev–Trinajstić information content (AvgIpc) is 2.46. The van der Waals surface area contributed by atoms with Gasteiger partial charge < -0.3 is 4.74 Å². The summed E-state index contributed by atoms with van der Waals surface area (Å²) in [4.78, 5) is 32.9. The monoisotopic (exact) mass is 299 g/mol. The second-order valence-corrected chi connectivity index (χ2v) is 4.66. The molecule has 0 fully saturated rings. The van der Waals surface area contributed by atoms with Crippen LogP contribution in [0.4, 0.5) is 5.69 Å². The van der Waals surface area contributed by atoms with E-state index in [1.165, 1.54) is 26.0 Å². The fraction of sp³-hybridized carbons (Fsp3) is 0.125. The third kappa shape index (κ3) is 3.35. The van der Waals surface area contributed by atoms with Crippen LogP contribution in [-0.2, 0) is 4.79 Å². The molecule has 6 nitrogen and oxygen atoms in total. The fourth-order valence-corrected chi connectivity index (χ4v) is 2.01. The Bertz CT molecular complexity index is 750. The summed E-state index contributed by atoms with van der Waals surface area (Å²) in [5.74, 6) is -0.316. The van der Waals surface area contributed by atoms with Gasteiger partial charge in [-0.25, -0.2) is 0 Å². The number of ketones is 1. The molecule has 0 amide bonds. The van der Waals surface area contributed by atoms with Crippen LogP contribution in [0.15, 0.2) is 42.5 Å². The Morgan fingerprint density at radius 2 is 1.68 bits per heavy atom. The Kier molecular flexibility index (Phi) is 4.31. The van der Waals surface area contributed by atoms with Gasteiger partial charge in [0.1, 0.15) is 5.75 Å². The molecule has 2 aromatic carbocycles. The number of rotatable bonds is 4. The topological polar surface area (TPSA) is 86.5 Å². The zero-order chi connectivity index (χ0) is 16.3. The van der Waals surface area contributed by atoms with Crippen molar-refractivity contribution in [3.05, 3.63) is 58.1 Å². The van der Waals surface area contributed by atoms with E-state index in [2.05, 4.69) is 0 Å². The third-order valence-electron chi connectivity index (χ3n) is 3.03. The lowest BCUT2D eigenvalue weighted by Crippen LogP contribution is -2.01. The molecule has 0 aliphatic rings. The van der Waals surface area contributed by atoms with Gasteiger partial charge in [0.15, 0.2) is 5.78 Å². The highest BCUT2D eigenvalue weighted by atomic mass is 16.6.